The van der Waals surface area contributed by atoms with Gasteiger partial charge in [0.2, 0.25) is 0 Å². The topological polar surface area (TPSA) is 21.3 Å². The highest BCUT2D eigenvalue weighted by molar-refractivity contribution is 9.10. The fourth-order valence-corrected chi connectivity index (χ4v) is 2.56. The van der Waals surface area contributed by atoms with E-state index in [9.17, 15) is 0 Å². The average molecular weight is 328 g/mol. The summed E-state index contributed by atoms with van der Waals surface area (Å²) in [5, 5.41) is 3.29. The lowest BCUT2D eigenvalue weighted by Gasteiger charge is -2.18. The predicted molar refractivity (Wildman–Crippen MR) is 85.5 cm³/mol. The molecule has 0 aliphatic rings. The number of halogens is 1. The van der Waals surface area contributed by atoms with Crippen LogP contribution in [0, 0.1) is 11.8 Å². The molecule has 0 aliphatic heterocycles. The van der Waals surface area contributed by atoms with Gasteiger partial charge in [-0.15, -0.1) is 0 Å². The van der Waals surface area contributed by atoms with Gasteiger partial charge in [0.1, 0.15) is 0 Å². The lowest BCUT2D eigenvalue weighted by molar-refractivity contribution is 0.0977. The summed E-state index contributed by atoms with van der Waals surface area (Å²) in [6.07, 6.45) is 2.20. The molecule has 1 atom stereocenters. The van der Waals surface area contributed by atoms with Crippen molar-refractivity contribution < 1.29 is 4.74 Å². The largest absolute Gasteiger partial charge is 0.381 e. The molecule has 0 aromatic heterocycles. The molecule has 1 aromatic rings. The van der Waals surface area contributed by atoms with Gasteiger partial charge in [0.15, 0.2) is 0 Å². The minimum atomic E-state index is 0.617. The maximum Gasteiger partial charge on any atom is 0.0488 e. The van der Waals surface area contributed by atoms with Crippen LogP contribution in [0.4, 0.5) is 0 Å². The maximum atomic E-state index is 5.70. The van der Waals surface area contributed by atoms with Crippen LogP contribution in [0.2, 0.25) is 0 Å². The van der Waals surface area contributed by atoms with E-state index < -0.39 is 0 Å². The Kier molecular flexibility index (Phi) is 8.35. The minimum Gasteiger partial charge on any atom is -0.381 e. The van der Waals surface area contributed by atoms with Crippen molar-refractivity contribution in [2.75, 3.05) is 26.8 Å². The van der Waals surface area contributed by atoms with Gasteiger partial charge in [-0.05, 0) is 49.9 Å². The first-order chi connectivity index (χ1) is 9.13. The van der Waals surface area contributed by atoms with E-state index in [2.05, 4.69) is 59.4 Å². The molecule has 0 aliphatic carbocycles. The Balaban J connectivity index is 2.42. The van der Waals surface area contributed by atoms with Crippen molar-refractivity contribution in [3.8, 4) is 0 Å². The number of rotatable bonds is 9. The maximum absolute atomic E-state index is 5.70. The molecule has 3 heteroatoms. The van der Waals surface area contributed by atoms with Gasteiger partial charge in [-0.2, -0.15) is 0 Å². The van der Waals surface area contributed by atoms with Gasteiger partial charge in [0, 0.05) is 17.7 Å². The average Bonchev–Trinajstić information content (AvgIpc) is 2.37. The molecule has 1 rings (SSSR count). The monoisotopic (exact) mass is 327 g/mol. The molecule has 1 N–H and O–H groups in total. The van der Waals surface area contributed by atoms with Crippen LogP contribution in [0.1, 0.15) is 25.8 Å². The minimum absolute atomic E-state index is 0.617. The van der Waals surface area contributed by atoms with E-state index in [1.54, 1.807) is 0 Å². The number of benzene rings is 1. The van der Waals surface area contributed by atoms with E-state index in [1.807, 2.05) is 7.05 Å². The van der Waals surface area contributed by atoms with E-state index in [-0.39, 0.29) is 0 Å². The third-order valence-corrected chi connectivity index (χ3v) is 3.85. The lowest BCUT2D eigenvalue weighted by atomic mass is 9.96. The zero-order chi connectivity index (χ0) is 14.1. The first kappa shape index (κ1) is 16.7. The van der Waals surface area contributed by atoms with Crippen LogP contribution in [0.3, 0.4) is 0 Å². The molecule has 2 nitrogen and oxygen atoms in total. The van der Waals surface area contributed by atoms with Crippen LogP contribution in [0.25, 0.3) is 0 Å². The summed E-state index contributed by atoms with van der Waals surface area (Å²) in [5.41, 5.74) is 1.38. The summed E-state index contributed by atoms with van der Waals surface area (Å²) in [5.74, 6) is 1.24. The molecule has 1 aromatic carbocycles. The summed E-state index contributed by atoms with van der Waals surface area (Å²) in [6, 6.07) is 8.47. The molecule has 0 bridgehead atoms. The van der Waals surface area contributed by atoms with Crippen molar-refractivity contribution >= 4 is 15.9 Å². The molecule has 1 unspecified atom stereocenters. The van der Waals surface area contributed by atoms with Crippen molar-refractivity contribution in [3.63, 3.8) is 0 Å². The van der Waals surface area contributed by atoms with Gasteiger partial charge < -0.3 is 10.1 Å². The second-order valence-electron chi connectivity index (χ2n) is 5.48. The second-order valence-corrected chi connectivity index (χ2v) is 6.33. The first-order valence-corrected chi connectivity index (χ1v) is 7.88. The molecule has 0 heterocycles. The standard InChI is InChI=1S/C16H26BrNO/c1-13(2)12-19-9-8-14(11-18-3)10-15-6-4-5-7-16(15)17/h4-7,13-14,18H,8-12H2,1-3H3. The highest BCUT2D eigenvalue weighted by Crippen LogP contribution is 2.20. The van der Waals surface area contributed by atoms with Crippen molar-refractivity contribution in [1.29, 1.82) is 0 Å². The Morgan fingerprint density at radius 2 is 2.00 bits per heavy atom. The van der Waals surface area contributed by atoms with Gasteiger partial charge in [-0.25, -0.2) is 0 Å². The highest BCUT2D eigenvalue weighted by atomic mass is 79.9. The molecule has 19 heavy (non-hydrogen) atoms. The number of hydrogen-bond acceptors (Lipinski definition) is 2. The quantitative estimate of drug-likeness (QED) is 0.695. The highest BCUT2D eigenvalue weighted by Gasteiger charge is 2.11. The van der Waals surface area contributed by atoms with E-state index >= 15 is 0 Å². The Labute approximate surface area is 126 Å². The molecule has 0 saturated heterocycles. The summed E-state index contributed by atoms with van der Waals surface area (Å²) in [4.78, 5) is 0. The van der Waals surface area contributed by atoms with Crippen LogP contribution < -0.4 is 5.32 Å². The fraction of sp³-hybridized carbons (Fsp3) is 0.625. The zero-order valence-corrected chi connectivity index (χ0v) is 13.9. The normalized spacial score (nSPS) is 12.9. The van der Waals surface area contributed by atoms with Crippen molar-refractivity contribution in [3.05, 3.63) is 34.3 Å². The summed E-state index contributed by atoms with van der Waals surface area (Å²) < 4.78 is 6.91. The van der Waals surface area contributed by atoms with Crippen LogP contribution in [0.5, 0.6) is 0 Å². The number of ether oxygens (including phenoxy) is 1. The molecule has 108 valence electrons. The predicted octanol–water partition coefficient (Wildman–Crippen LogP) is 3.89. The van der Waals surface area contributed by atoms with Gasteiger partial charge in [-0.3, -0.25) is 0 Å². The van der Waals surface area contributed by atoms with Crippen LogP contribution in [0.15, 0.2) is 28.7 Å². The van der Waals surface area contributed by atoms with Gasteiger partial charge in [0.05, 0.1) is 0 Å². The molecule has 0 spiro atoms. The van der Waals surface area contributed by atoms with Crippen molar-refractivity contribution in [2.45, 2.75) is 26.7 Å². The zero-order valence-electron chi connectivity index (χ0n) is 12.3. The smallest absolute Gasteiger partial charge is 0.0488 e. The summed E-state index contributed by atoms with van der Waals surface area (Å²) >= 11 is 3.63. The van der Waals surface area contributed by atoms with Crippen LogP contribution in [-0.2, 0) is 11.2 Å². The van der Waals surface area contributed by atoms with Crippen molar-refractivity contribution in [2.24, 2.45) is 11.8 Å². The van der Waals surface area contributed by atoms with Gasteiger partial charge in [0.25, 0.3) is 0 Å². The second kappa shape index (κ2) is 9.51. The molecule has 0 saturated carbocycles. The lowest BCUT2D eigenvalue weighted by Crippen LogP contribution is -2.22. The van der Waals surface area contributed by atoms with Gasteiger partial charge in [-0.1, -0.05) is 48.0 Å². The van der Waals surface area contributed by atoms with Crippen LogP contribution >= 0.6 is 15.9 Å². The summed E-state index contributed by atoms with van der Waals surface area (Å²) in [6.45, 7) is 7.13. The fourth-order valence-electron chi connectivity index (χ4n) is 2.11. The van der Waals surface area contributed by atoms with Crippen molar-refractivity contribution in [1.82, 2.24) is 5.32 Å². The SMILES string of the molecule is CNCC(CCOCC(C)C)Cc1ccccc1Br. The number of nitrogens with one attached hydrogen (secondary N) is 1. The molecule has 0 radical (unpaired) electrons. The van der Waals surface area contributed by atoms with E-state index in [4.69, 9.17) is 4.74 Å². The number of hydrogen-bond donors (Lipinski definition) is 1. The third-order valence-electron chi connectivity index (χ3n) is 3.08. The molecule has 0 fully saturated rings. The van der Waals surface area contributed by atoms with E-state index in [1.165, 1.54) is 10.0 Å². The Bertz CT molecular complexity index is 354. The summed E-state index contributed by atoms with van der Waals surface area (Å²) in [7, 11) is 2.02. The Morgan fingerprint density at radius 3 is 2.63 bits per heavy atom. The van der Waals surface area contributed by atoms with E-state index in [0.29, 0.717) is 11.8 Å². The third kappa shape index (κ3) is 7.09. The molecular formula is C16H26BrNO. The first-order valence-electron chi connectivity index (χ1n) is 7.09. The molecule has 0 amide bonds. The van der Waals surface area contributed by atoms with E-state index in [0.717, 1.165) is 32.6 Å². The molecular weight excluding hydrogens is 302 g/mol. The Hall–Kier alpha value is -0.380. The van der Waals surface area contributed by atoms with Crippen LogP contribution in [-0.4, -0.2) is 26.8 Å². The van der Waals surface area contributed by atoms with Gasteiger partial charge >= 0.3 is 0 Å². The Morgan fingerprint density at radius 1 is 1.26 bits per heavy atom.